The standard InChI is InChI=1S/C17H26N2O/c1-14(2)12-17(18,13-19-10-4-5-11-19)15-6-8-16(20-3)9-7-15/h6-9H,1,4-5,10-13,18H2,2-3H3. The van der Waals surface area contributed by atoms with E-state index in [2.05, 4.69) is 30.5 Å². The summed E-state index contributed by atoms with van der Waals surface area (Å²) in [7, 11) is 1.68. The lowest BCUT2D eigenvalue weighted by Crippen LogP contribution is -2.47. The summed E-state index contributed by atoms with van der Waals surface area (Å²) < 4.78 is 5.23. The first kappa shape index (κ1) is 15.1. The second-order valence-corrected chi connectivity index (χ2v) is 6.00. The van der Waals surface area contributed by atoms with E-state index in [-0.39, 0.29) is 5.54 Å². The maximum absolute atomic E-state index is 6.75. The lowest BCUT2D eigenvalue weighted by Gasteiger charge is -2.34. The van der Waals surface area contributed by atoms with E-state index in [1.165, 1.54) is 12.8 Å². The van der Waals surface area contributed by atoms with Crippen molar-refractivity contribution in [2.45, 2.75) is 31.7 Å². The van der Waals surface area contributed by atoms with Crippen molar-refractivity contribution in [3.8, 4) is 5.75 Å². The summed E-state index contributed by atoms with van der Waals surface area (Å²) in [5.41, 5.74) is 8.68. The van der Waals surface area contributed by atoms with Gasteiger partial charge in [0, 0.05) is 6.54 Å². The van der Waals surface area contributed by atoms with Crippen LogP contribution >= 0.6 is 0 Å². The van der Waals surface area contributed by atoms with Crippen LogP contribution in [0.2, 0.25) is 0 Å². The van der Waals surface area contributed by atoms with E-state index in [4.69, 9.17) is 10.5 Å². The predicted octanol–water partition coefficient (Wildman–Crippen LogP) is 2.91. The Morgan fingerprint density at radius 3 is 2.40 bits per heavy atom. The number of likely N-dealkylation sites (tertiary alicyclic amines) is 1. The molecular weight excluding hydrogens is 248 g/mol. The van der Waals surface area contributed by atoms with Gasteiger partial charge in [-0.2, -0.15) is 0 Å². The first-order valence-corrected chi connectivity index (χ1v) is 7.34. The monoisotopic (exact) mass is 274 g/mol. The Morgan fingerprint density at radius 2 is 1.90 bits per heavy atom. The van der Waals surface area contributed by atoms with Gasteiger partial charge in [0.05, 0.1) is 12.6 Å². The number of rotatable bonds is 6. The van der Waals surface area contributed by atoms with Gasteiger partial charge in [-0.1, -0.05) is 17.7 Å². The largest absolute Gasteiger partial charge is 0.497 e. The van der Waals surface area contributed by atoms with Crippen LogP contribution in [0.15, 0.2) is 36.4 Å². The Labute approximate surface area is 122 Å². The highest BCUT2D eigenvalue weighted by Crippen LogP contribution is 2.29. The van der Waals surface area contributed by atoms with Crippen molar-refractivity contribution in [1.29, 1.82) is 0 Å². The van der Waals surface area contributed by atoms with Crippen LogP contribution in [0.3, 0.4) is 0 Å². The summed E-state index contributed by atoms with van der Waals surface area (Å²) >= 11 is 0. The van der Waals surface area contributed by atoms with Crippen LogP contribution in [0.1, 0.15) is 31.7 Å². The molecule has 2 rings (SSSR count). The van der Waals surface area contributed by atoms with Gasteiger partial charge in [-0.3, -0.25) is 0 Å². The first-order chi connectivity index (χ1) is 9.53. The third kappa shape index (κ3) is 3.62. The third-order valence-electron chi connectivity index (χ3n) is 3.99. The van der Waals surface area contributed by atoms with Gasteiger partial charge in [-0.05, 0) is 57.0 Å². The highest BCUT2D eigenvalue weighted by atomic mass is 16.5. The topological polar surface area (TPSA) is 38.5 Å². The van der Waals surface area contributed by atoms with Gasteiger partial charge in [0.2, 0.25) is 0 Å². The van der Waals surface area contributed by atoms with Crippen LogP contribution in [-0.2, 0) is 5.54 Å². The molecule has 0 radical (unpaired) electrons. The molecule has 0 aliphatic carbocycles. The van der Waals surface area contributed by atoms with E-state index in [0.717, 1.165) is 42.9 Å². The van der Waals surface area contributed by atoms with Gasteiger partial charge in [-0.25, -0.2) is 0 Å². The zero-order valence-electron chi connectivity index (χ0n) is 12.7. The zero-order valence-corrected chi connectivity index (χ0v) is 12.7. The molecule has 1 aliphatic heterocycles. The van der Waals surface area contributed by atoms with Gasteiger partial charge in [0.15, 0.2) is 0 Å². The SMILES string of the molecule is C=C(C)CC(N)(CN1CCCC1)c1ccc(OC)cc1. The summed E-state index contributed by atoms with van der Waals surface area (Å²) in [4.78, 5) is 2.47. The Bertz CT molecular complexity index is 449. The van der Waals surface area contributed by atoms with Crippen molar-refractivity contribution in [2.24, 2.45) is 5.73 Å². The molecule has 1 atom stereocenters. The van der Waals surface area contributed by atoms with E-state index in [1.54, 1.807) is 7.11 Å². The summed E-state index contributed by atoms with van der Waals surface area (Å²) in [5.74, 6) is 0.868. The molecule has 3 nitrogen and oxygen atoms in total. The third-order valence-corrected chi connectivity index (χ3v) is 3.99. The fourth-order valence-electron chi connectivity index (χ4n) is 3.05. The number of hydrogen-bond donors (Lipinski definition) is 1. The fourth-order valence-corrected chi connectivity index (χ4v) is 3.05. The highest BCUT2D eigenvalue weighted by Gasteiger charge is 2.31. The Hall–Kier alpha value is -1.32. The van der Waals surface area contributed by atoms with Crippen LogP contribution in [0.25, 0.3) is 0 Å². The molecule has 110 valence electrons. The molecule has 1 unspecified atom stereocenters. The van der Waals surface area contributed by atoms with Crippen LogP contribution in [0.5, 0.6) is 5.75 Å². The van der Waals surface area contributed by atoms with Gasteiger partial charge in [0.25, 0.3) is 0 Å². The number of benzene rings is 1. The molecule has 1 saturated heterocycles. The van der Waals surface area contributed by atoms with Crippen molar-refractivity contribution < 1.29 is 4.74 Å². The van der Waals surface area contributed by atoms with Crippen molar-refractivity contribution in [3.63, 3.8) is 0 Å². The average Bonchev–Trinajstić information content (AvgIpc) is 2.90. The minimum absolute atomic E-state index is 0.359. The Kier molecular flexibility index (Phi) is 4.84. The average molecular weight is 274 g/mol. The normalized spacial score (nSPS) is 18.8. The molecular formula is C17H26N2O. The van der Waals surface area contributed by atoms with E-state index in [9.17, 15) is 0 Å². The fraction of sp³-hybridized carbons (Fsp3) is 0.529. The Morgan fingerprint density at radius 1 is 1.30 bits per heavy atom. The highest BCUT2D eigenvalue weighted by molar-refractivity contribution is 5.33. The number of hydrogen-bond acceptors (Lipinski definition) is 3. The van der Waals surface area contributed by atoms with Crippen molar-refractivity contribution in [2.75, 3.05) is 26.7 Å². The van der Waals surface area contributed by atoms with E-state index in [0.29, 0.717) is 0 Å². The van der Waals surface area contributed by atoms with Crippen molar-refractivity contribution in [3.05, 3.63) is 42.0 Å². The molecule has 1 heterocycles. The molecule has 2 N–H and O–H groups in total. The van der Waals surface area contributed by atoms with Gasteiger partial charge in [0.1, 0.15) is 5.75 Å². The number of ether oxygens (including phenoxy) is 1. The van der Waals surface area contributed by atoms with Crippen LogP contribution in [0.4, 0.5) is 0 Å². The molecule has 1 aromatic carbocycles. The molecule has 20 heavy (non-hydrogen) atoms. The number of nitrogens with two attached hydrogens (primary N) is 1. The molecule has 0 saturated carbocycles. The second kappa shape index (κ2) is 6.42. The smallest absolute Gasteiger partial charge is 0.118 e. The minimum atomic E-state index is -0.359. The minimum Gasteiger partial charge on any atom is -0.497 e. The first-order valence-electron chi connectivity index (χ1n) is 7.34. The van der Waals surface area contributed by atoms with Gasteiger partial charge >= 0.3 is 0 Å². The molecule has 0 spiro atoms. The molecule has 3 heteroatoms. The number of methoxy groups -OCH3 is 1. The summed E-state index contributed by atoms with van der Waals surface area (Å²) in [6, 6.07) is 8.13. The number of nitrogens with zero attached hydrogens (tertiary/aromatic N) is 1. The lowest BCUT2D eigenvalue weighted by molar-refractivity contribution is 0.245. The van der Waals surface area contributed by atoms with Crippen LogP contribution < -0.4 is 10.5 Å². The van der Waals surface area contributed by atoms with Gasteiger partial charge in [-0.15, -0.1) is 6.58 Å². The zero-order chi connectivity index (χ0) is 14.6. The van der Waals surface area contributed by atoms with Crippen molar-refractivity contribution >= 4 is 0 Å². The quantitative estimate of drug-likeness (QED) is 0.811. The van der Waals surface area contributed by atoms with Gasteiger partial charge < -0.3 is 15.4 Å². The van der Waals surface area contributed by atoms with Crippen LogP contribution in [0, 0.1) is 0 Å². The van der Waals surface area contributed by atoms with E-state index >= 15 is 0 Å². The molecule has 1 aromatic rings. The summed E-state index contributed by atoms with van der Waals surface area (Å²) in [6.07, 6.45) is 3.38. The molecule has 0 amide bonds. The second-order valence-electron chi connectivity index (χ2n) is 6.00. The summed E-state index contributed by atoms with van der Waals surface area (Å²) in [5, 5.41) is 0. The maximum atomic E-state index is 6.75. The van der Waals surface area contributed by atoms with E-state index in [1.807, 2.05) is 12.1 Å². The molecule has 1 aliphatic rings. The summed E-state index contributed by atoms with van der Waals surface area (Å²) in [6.45, 7) is 9.31. The Balaban J connectivity index is 2.21. The molecule has 1 fully saturated rings. The molecule has 0 aromatic heterocycles. The predicted molar refractivity (Wildman–Crippen MR) is 84.0 cm³/mol. The van der Waals surface area contributed by atoms with Crippen molar-refractivity contribution in [1.82, 2.24) is 4.90 Å². The molecule has 0 bridgehead atoms. The van der Waals surface area contributed by atoms with E-state index < -0.39 is 0 Å². The lowest BCUT2D eigenvalue weighted by atomic mass is 9.84. The van der Waals surface area contributed by atoms with Crippen LogP contribution in [-0.4, -0.2) is 31.6 Å². The maximum Gasteiger partial charge on any atom is 0.118 e.